The first-order valence-corrected chi connectivity index (χ1v) is 16.6. The number of hydrogen-bond donors (Lipinski definition) is 0. The lowest BCUT2D eigenvalue weighted by Gasteiger charge is -2.32. The molecule has 47 heavy (non-hydrogen) atoms. The first kappa shape index (κ1) is 26.4. The summed E-state index contributed by atoms with van der Waals surface area (Å²) in [7, 11) is 0. The van der Waals surface area contributed by atoms with Crippen LogP contribution >= 0.6 is 0 Å². The molecule has 3 unspecified atom stereocenters. The Morgan fingerprint density at radius 1 is 0.617 bits per heavy atom. The minimum atomic E-state index is 0.347. The molecule has 1 nitrogen and oxygen atoms in total. The normalized spacial score (nSPS) is 19.5. The lowest BCUT2D eigenvalue weighted by atomic mass is 9.72. The number of anilines is 3. The van der Waals surface area contributed by atoms with Crippen molar-refractivity contribution in [3.05, 3.63) is 192 Å². The number of allylic oxidation sites excluding steroid dienone is 8. The second-order valence-electron chi connectivity index (χ2n) is 13.0. The van der Waals surface area contributed by atoms with Crippen molar-refractivity contribution in [2.75, 3.05) is 4.90 Å². The van der Waals surface area contributed by atoms with Crippen molar-refractivity contribution >= 4 is 33.4 Å². The highest BCUT2D eigenvalue weighted by atomic mass is 15.1. The highest BCUT2D eigenvalue weighted by Crippen LogP contribution is 2.58. The van der Waals surface area contributed by atoms with E-state index in [-0.39, 0.29) is 0 Å². The molecule has 220 valence electrons. The predicted octanol–water partition coefficient (Wildman–Crippen LogP) is 11.9. The second kappa shape index (κ2) is 10.3. The molecule has 4 aliphatic rings. The van der Waals surface area contributed by atoms with Crippen molar-refractivity contribution in [3.63, 3.8) is 0 Å². The van der Waals surface area contributed by atoms with Gasteiger partial charge in [0, 0.05) is 29.1 Å². The number of rotatable bonds is 4. The third-order valence-electron chi connectivity index (χ3n) is 10.6. The van der Waals surface area contributed by atoms with E-state index in [1.165, 1.54) is 60.9 Å². The zero-order valence-electron chi connectivity index (χ0n) is 25.9. The summed E-state index contributed by atoms with van der Waals surface area (Å²) in [5, 5.41) is 2.50. The van der Waals surface area contributed by atoms with E-state index in [0.717, 1.165) is 23.5 Å². The van der Waals surface area contributed by atoms with Gasteiger partial charge in [-0.25, -0.2) is 0 Å². The van der Waals surface area contributed by atoms with Gasteiger partial charge in [-0.2, -0.15) is 0 Å². The second-order valence-corrected chi connectivity index (χ2v) is 13.0. The average Bonchev–Trinajstić information content (AvgIpc) is 3.25. The molecule has 0 aromatic heterocycles. The summed E-state index contributed by atoms with van der Waals surface area (Å²) < 4.78 is 0. The molecule has 6 aromatic rings. The van der Waals surface area contributed by atoms with Crippen molar-refractivity contribution in [1.29, 1.82) is 0 Å². The molecule has 0 N–H and O–H groups in total. The van der Waals surface area contributed by atoms with Gasteiger partial charge in [0.25, 0.3) is 0 Å². The van der Waals surface area contributed by atoms with E-state index in [9.17, 15) is 0 Å². The van der Waals surface area contributed by atoms with Crippen LogP contribution in [0.1, 0.15) is 34.9 Å². The van der Waals surface area contributed by atoms with Crippen molar-refractivity contribution in [2.24, 2.45) is 5.92 Å². The van der Waals surface area contributed by atoms with Crippen LogP contribution in [0.3, 0.4) is 0 Å². The summed E-state index contributed by atoms with van der Waals surface area (Å²) in [6.07, 6.45) is 15.2. The number of hydrogen-bond acceptors (Lipinski definition) is 1. The maximum atomic E-state index is 3.43. The summed E-state index contributed by atoms with van der Waals surface area (Å²) in [5.41, 5.74) is 15.6. The fourth-order valence-corrected chi connectivity index (χ4v) is 8.55. The van der Waals surface area contributed by atoms with Gasteiger partial charge in [-0.1, -0.05) is 121 Å². The maximum absolute atomic E-state index is 3.43. The van der Waals surface area contributed by atoms with Crippen LogP contribution in [-0.2, 0) is 0 Å². The fraction of sp³-hybridized carbons (Fsp3) is 0.0870. The van der Waals surface area contributed by atoms with E-state index in [2.05, 4.69) is 169 Å². The Kier molecular flexibility index (Phi) is 5.81. The fourth-order valence-electron chi connectivity index (χ4n) is 8.55. The summed E-state index contributed by atoms with van der Waals surface area (Å²) in [6.45, 7) is 0. The number of fused-ring (bicyclic) bond motifs is 5. The van der Waals surface area contributed by atoms with E-state index in [1.54, 1.807) is 0 Å². The maximum Gasteiger partial charge on any atom is 0.0973 e. The summed E-state index contributed by atoms with van der Waals surface area (Å²) in [4.78, 5) is 2.34. The molecule has 3 atom stereocenters. The summed E-state index contributed by atoms with van der Waals surface area (Å²) in [6, 6.07) is 51.1. The van der Waals surface area contributed by atoms with Crippen molar-refractivity contribution < 1.29 is 0 Å². The number of nitrogens with zero attached hydrogens (tertiary/aromatic N) is 1. The van der Waals surface area contributed by atoms with Gasteiger partial charge in [0.2, 0.25) is 0 Å². The average molecular weight is 598 g/mol. The van der Waals surface area contributed by atoms with Crippen molar-refractivity contribution in [2.45, 2.75) is 18.3 Å². The van der Waals surface area contributed by atoms with Crippen LogP contribution in [-0.4, -0.2) is 0 Å². The zero-order chi connectivity index (χ0) is 30.9. The van der Waals surface area contributed by atoms with E-state index in [0.29, 0.717) is 17.8 Å². The van der Waals surface area contributed by atoms with Gasteiger partial charge in [0.15, 0.2) is 0 Å². The van der Waals surface area contributed by atoms with Crippen LogP contribution in [0.25, 0.3) is 38.6 Å². The van der Waals surface area contributed by atoms with E-state index in [4.69, 9.17) is 0 Å². The van der Waals surface area contributed by atoms with E-state index >= 15 is 0 Å². The Morgan fingerprint density at radius 2 is 1.47 bits per heavy atom. The van der Waals surface area contributed by atoms with Crippen LogP contribution in [0.4, 0.5) is 17.1 Å². The van der Waals surface area contributed by atoms with Crippen LogP contribution in [0.2, 0.25) is 0 Å². The molecule has 6 aromatic carbocycles. The molecule has 0 heterocycles. The topological polar surface area (TPSA) is 3.24 Å². The third kappa shape index (κ3) is 4.05. The first-order valence-electron chi connectivity index (χ1n) is 16.6. The van der Waals surface area contributed by atoms with E-state index in [1.807, 2.05) is 6.07 Å². The van der Waals surface area contributed by atoms with Crippen LogP contribution in [0.15, 0.2) is 163 Å². The first-order chi connectivity index (χ1) is 23.3. The molecule has 0 saturated carbocycles. The highest BCUT2D eigenvalue weighted by Gasteiger charge is 2.41. The molecule has 0 fully saturated rings. The summed E-state index contributed by atoms with van der Waals surface area (Å²) >= 11 is 0. The Morgan fingerprint density at radius 3 is 2.38 bits per heavy atom. The lowest BCUT2D eigenvalue weighted by Crippen LogP contribution is -2.16. The van der Waals surface area contributed by atoms with Gasteiger partial charge in [-0.15, -0.1) is 0 Å². The summed E-state index contributed by atoms with van der Waals surface area (Å²) in [5.74, 6) is 1.07. The van der Waals surface area contributed by atoms with Gasteiger partial charge < -0.3 is 4.90 Å². The molecule has 0 radical (unpaired) electrons. The third-order valence-corrected chi connectivity index (χ3v) is 10.6. The van der Waals surface area contributed by atoms with Gasteiger partial charge in [0.05, 0.1) is 5.69 Å². The molecule has 6 bridgehead atoms. The van der Waals surface area contributed by atoms with E-state index < -0.39 is 0 Å². The Bertz CT molecular complexity index is 2350. The highest BCUT2D eigenvalue weighted by molar-refractivity contribution is 5.96. The van der Waals surface area contributed by atoms with Gasteiger partial charge in [0.1, 0.15) is 0 Å². The molecule has 10 rings (SSSR count). The SMILES string of the molecule is c1cccc(N(c2cccc(-c3ccc4ccccc4c3)c2)c2ccc3c(c2)C2=C4C=CCC2c2cccc-3c2C2C=CC=CC42)c#1. The van der Waals surface area contributed by atoms with Gasteiger partial charge in [-0.05, 0) is 116 Å². The van der Waals surface area contributed by atoms with Crippen molar-refractivity contribution in [1.82, 2.24) is 0 Å². The molecular weight excluding hydrogens is 567 g/mol. The molecule has 1 heteroatoms. The Hall–Kier alpha value is -5.84. The van der Waals surface area contributed by atoms with Crippen molar-refractivity contribution in [3.8, 4) is 22.3 Å². The smallest absolute Gasteiger partial charge is 0.0973 e. The predicted molar refractivity (Wildman–Crippen MR) is 195 cm³/mol. The Balaban J connectivity index is 1.18. The van der Waals surface area contributed by atoms with Crippen LogP contribution in [0, 0.1) is 18.1 Å². The van der Waals surface area contributed by atoms with Crippen LogP contribution in [0.5, 0.6) is 0 Å². The molecule has 0 aliphatic heterocycles. The van der Waals surface area contributed by atoms with Crippen LogP contribution < -0.4 is 4.90 Å². The van der Waals surface area contributed by atoms with Gasteiger partial charge >= 0.3 is 0 Å². The molecule has 0 amide bonds. The minimum absolute atomic E-state index is 0.347. The molecule has 0 saturated heterocycles. The quantitative estimate of drug-likeness (QED) is 0.195. The zero-order valence-corrected chi connectivity index (χ0v) is 25.9. The Labute approximate surface area is 276 Å². The standard InChI is InChI=1S/C46H31N/c1-2-14-34(15-3-1)47(35-16-8-13-32(28-35)33-24-23-30-11-4-5-12-31(30)27-33)36-25-26-38-41-20-10-21-42-43-22-9-19-40(46(43)44(38)29-36)37-17-6-7-18-39(37)45(41)42/h1-2,4-14,16-21,23-29,37,39,43H,22H2. The molecule has 0 spiro atoms. The lowest BCUT2D eigenvalue weighted by molar-refractivity contribution is 0.679. The molecular formula is C46H31N. The largest absolute Gasteiger partial charge is 0.303 e. The van der Waals surface area contributed by atoms with Gasteiger partial charge in [-0.3, -0.25) is 0 Å². The molecule has 4 aliphatic carbocycles. The minimum Gasteiger partial charge on any atom is -0.303 e. The number of benzene rings is 5. The monoisotopic (exact) mass is 597 g/mol.